The van der Waals surface area contributed by atoms with Crippen molar-refractivity contribution in [2.75, 3.05) is 43.9 Å². The molecule has 0 saturated carbocycles. The minimum Gasteiger partial charge on any atom is -0.508 e. The van der Waals surface area contributed by atoms with Crippen molar-refractivity contribution < 1.29 is 43.1 Å². The van der Waals surface area contributed by atoms with Gasteiger partial charge in [-0.1, -0.05) is 18.2 Å². The maximum Gasteiger partial charge on any atom is 0.300 e. The first kappa shape index (κ1) is 34.3. The number of phenols is 1. The van der Waals surface area contributed by atoms with E-state index in [1.807, 2.05) is 6.07 Å². The summed E-state index contributed by atoms with van der Waals surface area (Å²) in [6.07, 6.45) is 4.17. The number of nitrogens with one attached hydrogen (secondary N) is 2. The minimum absolute atomic E-state index is 0.0261. The number of benzene rings is 2. The monoisotopic (exact) mass is 570 g/mol. The number of rotatable bonds is 18. The summed E-state index contributed by atoms with van der Waals surface area (Å²) in [6.45, 7) is 4.31. The molecule has 1 atom stereocenters. The van der Waals surface area contributed by atoms with E-state index < -0.39 is 22.1 Å². The molecule has 12 heteroatoms. The third kappa shape index (κ3) is 17.5. The molecule has 0 radical (unpaired) electrons. The third-order valence-corrected chi connectivity index (χ3v) is 5.82. The summed E-state index contributed by atoms with van der Waals surface area (Å²) in [4.78, 5) is 9.00. The van der Waals surface area contributed by atoms with Crippen molar-refractivity contribution >= 4 is 21.7 Å². The van der Waals surface area contributed by atoms with Crippen LogP contribution in [-0.2, 0) is 37.5 Å². The second-order valence-electron chi connectivity index (χ2n) is 8.94. The highest BCUT2D eigenvalue weighted by Gasteiger charge is 2.10. The van der Waals surface area contributed by atoms with E-state index in [-0.39, 0.29) is 12.4 Å². The highest BCUT2D eigenvalue weighted by atomic mass is 32.2. The Hall–Kier alpha value is -2.74. The SMILES string of the molecule is CC(=O)O.CS(=O)(=O)Nc1cccc(COCCCOCCCCCNC[C@H](O)c2ccc(O)c(CO)c2)c1. The molecule has 0 unspecified atom stereocenters. The first-order chi connectivity index (χ1) is 18.5. The highest BCUT2D eigenvalue weighted by molar-refractivity contribution is 7.92. The van der Waals surface area contributed by atoms with Gasteiger partial charge in [0.1, 0.15) is 5.75 Å². The van der Waals surface area contributed by atoms with Gasteiger partial charge in [-0.15, -0.1) is 0 Å². The van der Waals surface area contributed by atoms with Gasteiger partial charge in [-0.2, -0.15) is 0 Å². The summed E-state index contributed by atoms with van der Waals surface area (Å²) in [7, 11) is -3.29. The van der Waals surface area contributed by atoms with Gasteiger partial charge in [0, 0.05) is 44.5 Å². The second kappa shape index (κ2) is 19.3. The van der Waals surface area contributed by atoms with Gasteiger partial charge in [0.05, 0.1) is 25.6 Å². The Balaban J connectivity index is 0.00000177. The van der Waals surface area contributed by atoms with Crippen LogP contribution in [0.3, 0.4) is 0 Å². The van der Waals surface area contributed by atoms with Crippen molar-refractivity contribution in [1.29, 1.82) is 0 Å². The van der Waals surface area contributed by atoms with Crippen LogP contribution in [0.4, 0.5) is 5.69 Å². The summed E-state index contributed by atoms with van der Waals surface area (Å²) < 4.78 is 36.3. The third-order valence-electron chi connectivity index (χ3n) is 5.21. The number of carboxylic acid groups (broad SMARTS) is 1. The van der Waals surface area contributed by atoms with Gasteiger partial charge in [-0.25, -0.2) is 8.42 Å². The van der Waals surface area contributed by atoms with Gasteiger partial charge >= 0.3 is 0 Å². The molecule has 2 rings (SSSR count). The van der Waals surface area contributed by atoms with Crippen molar-refractivity contribution in [1.82, 2.24) is 5.32 Å². The largest absolute Gasteiger partial charge is 0.508 e. The number of carboxylic acids is 1. The van der Waals surface area contributed by atoms with Crippen molar-refractivity contribution in [3.63, 3.8) is 0 Å². The van der Waals surface area contributed by atoms with E-state index in [1.54, 1.807) is 30.3 Å². The fraction of sp³-hybridized carbons (Fsp3) is 0.519. The fourth-order valence-electron chi connectivity index (χ4n) is 3.42. The lowest BCUT2D eigenvalue weighted by atomic mass is 10.1. The topological polar surface area (TPSA) is 175 Å². The number of hydrogen-bond acceptors (Lipinski definition) is 9. The maximum atomic E-state index is 11.3. The molecule has 0 saturated heterocycles. The molecule has 6 N–H and O–H groups in total. The predicted octanol–water partition coefficient (Wildman–Crippen LogP) is 2.76. The zero-order chi connectivity index (χ0) is 29.1. The van der Waals surface area contributed by atoms with Crippen LogP contribution in [0.5, 0.6) is 5.75 Å². The molecule has 0 heterocycles. The number of sulfonamides is 1. The van der Waals surface area contributed by atoms with Crippen LogP contribution >= 0.6 is 0 Å². The molecule has 39 heavy (non-hydrogen) atoms. The van der Waals surface area contributed by atoms with E-state index in [0.717, 1.165) is 51.0 Å². The standard InChI is InChI=1S/C25H38N2O7S.C2H4O2/c1-35(31,32)27-23-8-5-7-20(15-23)19-34-14-6-13-33-12-4-2-3-11-26-17-25(30)21-9-10-24(29)22(16-21)18-28;1-2(3)4/h5,7-10,15-16,25-30H,2-4,6,11-14,17-19H2,1H3;1H3,(H,3,4)/t25-;/m0./s1. The Morgan fingerprint density at radius 1 is 1.00 bits per heavy atom. The number of aliphatic hydroxyl groups excluding tert-OH is 2. The normalized spacial score (nSPS) is 11.9. The van der Waals surface area contributed by atoms with Crippen molar-refractivity contribution in [3.05, 3.63) is 59.2 Å². The van der Waals surface area contributed by atoms with Crippen LogP contribution in [0.2, 0.25) is 0 Å². The molecule has 0 aliphatic heterocycles. The summed E-state index contributed by atoms with van der Waals surface area (Å²) >= 11 is 0. The van der Waals surface area contributed by atoms with Crippen LogP contribution < -0.4 is 10.0 Å². The summed E-state index contributed by atoms with van der Waals surface area (Å²) in [5, 5.41) is 39.7. The molecule has 2 aromatic carbocycles. The summed E-state index contributed by atoms with van der Waals surface area (Å²) in [6, 6.07) is 11.9. The van der Waals surface area contributed by atoms with Gasteiger partial charge < -0.3 is 35.2 Å². The number of anilines is 1. The van der Waals surface area contributed by atoms with Crippen molar-refractivity contribution in [2.24, 2.45) is 0 Å². The van der Waals surface area contributed by atoms with Gasteiger partial charge in [0.2, 0.25) is 10.0 Å². The van der Waals surface area contributed by atoms with Crippen LogP contribution in [0.1, 0.15) is 55.4 Å². The summed E-state index contributed by atoms with van der Waals surface area (Å²) in [5.74, 6) is -0.807. The average molecular weight is 571 g/mol. The van der Waals surface area contributed by atoms with Crippen molar-refractivity contribution in [3.8, 4) is 5.75 Å². The fourth-order valence-corrected chi connectivity index (χ4v) is 3.98. The van der Waals surface area contributed by atoms with E-state index in [9.17, 15) is 23.7 Å². The van der Waals surface area contributed by atoms with Crippen LogP contribution in [0.15, 0.2) is 42.5 Å². The lowest BCUT2D eigenvalue weighted by Crippen LogP contribution is -2.22. The van der Waals surface area contributed by atoms with Gasteiger partial charge in [0.15, 0.2) is 0 Å². The van der Waals surface area contributed by atoms with Crippen LogP contribution in [0, 0.1) is 0 Å². The Kier molecular flexibility index (Phi) is 17.0. The number of aromatic hydroxyl groups is 1. The molecule has 0 amide bonds. The molecule has 0 bridgehead atoms. The molecule has 2 aromatic rings. The second-order valence-corrected chi connectivity index (χ2v) is 10.7. The lowest BCUT2D eigenvalue weighted by Gasteiger charge is -2.14. The number of unbranched alkanes of at least 4 members (excludes halogenated alkanes) is 2. The Morgan fingerprint density at radius 3 is 2.38 bits per heavy atom. The number of ether oxygens (including phenoxy) is 2. The molecule has 0 aromatic heterocycles. The average Bonchev–Trinajstić information content (AvgIpc) is 2.86. The molecule has 220 valence electrons. The van der Waals surface area contributed by atoms with Gasteiger partial charge in [0.25, 0.3) is 5.97 Å². The minimum atomic E-state index is -3.29. The van der Waals surface area contributed by atoms with Crippen LogP contribution in [-0.4, -0.2) is 74.0 Å². The number of aliphatic carboxylic acids is 1. The van der Waals surface area contributed by atoms with E-state index in [4.69, 9.17) is 19.4 Å². The zero-order valence-corrected chi connectivity index (χ0v) is 23.5. The molecule has 0 spiro atoms. The Labute approximate surface area is 230 Å². The van der Waals surface area contributed by atoms with Gasteiger partial charge in [-0.3, -0.25) is 9.52 Å². The van der Waals surface area contributed by atoms with Crippen LogP contribution in [0.25, 0.3) is 0 Å². The van der Waals surface area contributed by atoms with E-state index >= 15 is 0 Å². The molecule has 0 aliphatic carbocycles. The number of aliphatic hydroxyl groups is 2. The molecular formula is C27H42N2O9S. The Bertz CT molecular complexity index is 1080. The molecule has 0 aliphatic rings. The summed E-state index contributed by atoms with van der Waals surface area (Å²) in [5.41, 5.74) is 2.49. The van der Waals surface area contributed by atoms with E-state index in [0.29, 0.717) is 49.8 Å². The predicted molar refractivity (Wildman–Crippen MR) is 149 cm³/mol. The smallest absolute Gasteiger partial charge is 0.300 e. The van der Waals surface area contributed by atoms with Crippen molar-refractivity contribution in [2.45, 2.75) is 51.9 Å². The Morgan fingerprint density at radius 2 is 1.69 bits per heavy atom. The van der Waals surface area contributed by atoms with E-state index in [1.165, 1.54) is 6.07 Å². The molecule has 11 nitrogen and oxygen atoms in total. The lowest BCUT2D eigenvalue weighted by molar-refractivity contribution is -0.134. The number of hydrogen-bond donors (Lipinski definition) is 6. The quantitative estimate of drug-likeness (QED) is 0.146. The number of carbonyl (C=O) groups is 1. The first-order valence-corrected chi connectivity index (χ1v) is 14.6. The molecular weight excluding hydrogens is 528 g/mol. The van der Waals surface area contributed by atoms with E-state index in [2.05, 4.69) is 10.0 Å². The van der Waals surface area contributed by atoms with Gasteiger partial charge in [-0.05, 0) is 67.6 Å². The molecule has 0 fully saturated rings. The zero-order valence-electron chi connectivity index (χ0n) is 22.6. The maximum absolute atomic E-state index is 11.3. The first-order valence-electron chi connectivity index (χ1n) is 12.7. The highest BCUT2D eigenvalue weighted by Crippen LogP contribution is 2.22.